The van der Waals surface area contributed by atoms with Crippen LogP contribution in [0.3, 0.4) is 0 Å². The highest BCUT2D eigenvalue weighted by Crippen LogP contribution is 2.34. The number of aromatic nitrogens is 4. The van der Waals surface area contributed by atoms with Gasteiger partial charge in [-0.05, 0) is 23.8 Å². The minimum atomic E-state index is -4.61. The second-order valence-corrected chi connectivity index (χ2v) is 6.14. The van der Waals surface area contributed by atoms with Crippen LogP contribution < -0.4 is 5.73 Å². The zero-order valence-corrected chi connectivity index (χ0v) is 14.4. The van der Waals surface area contributed by atoms with Gasteiger partial charge in [-0.15, -0.1) is 0 Å². The summed E-state index contributed by atoms with van der Waals surface area (Å²) >= 11 is 0. The maximum absolute atomic E-state index is 13.1. The molecule has 0 bridgehead atoms. The molecule has 0 amide bonds. The van der Waals surface area contributed by atoms with E-state index in [9.17, 15) is 13.2 Å². The van der Waals surface area contributed by atoms with Crippen molar-refractivity contribution in [3.05, 3.63) is 66.0 Å². The summed E-state index contributed by atoms with van der Waals surface area (Å²) in [6, 6.07) is 11.4. The summed E-state index contributed by atoms with van der Waals surface area (Å²) in [5.74, 6) is -0.579. The minimum Gasteiger partial charge on any atom is -0.392 e. The molecular weight excluding hydrogens is 371 g/mol. The average molecular weight is 385 g/mol. The highest BCUT2D eigenvalue weighted by Gasteiger charge is 2.34. The number of benzene rings is 1. The van der Waals surface area contributed by atoms with Crippen LogP contribution in [0, 0.1) is 0 Å². The quantitative estimate of drug-likeness (QED) is 0.563. The highest BCUT2D eigenvalue weighted by molar-refractivity contribution is 5.67. The lowest BCUT2D eigenvalue weighted by atomic mass is 10.1. The van der Waals surface area contributed by atoms with Crippen molar-refractivity contribution >= 4 is 11.5 Å². The second-order valence-electron chi connectivity index (χ2n) is 6.14. The number of aliphatic hydroxyl groups excluding tert-OH is 1. The Labute approximate surface area is 157 Å². The lowest BCUT2D eigenvalue weighted by Gasteiger charge is -2.11. The van der Waals surface area contributed by atoms with Crippen molar-refractivity contribution in [1.82, 2.24) is 19.6 Å². The largest absolute Gasteiger partial charge is 0.419 e. The SMILES string of the molecule is Nc1ncc(-c2ccc3ncc(-c4ccc(CO)cc4)n3n2)cc1C(F)(F)F. The molecular formula is C19H14F3N5O. The highest BCUT2D eigenvalue weighted by atomic mass is 19.4. The third kappa shape index (κ3) is 3.16. The van der Waals surface area contributed by atoms with Gasteiger partial charge in [0, 0.05) is 17.3 Å². The molecule has 0 unspecified atom stereocenters. The Morgan fingerprint density at radius 3 is 2.39 bits per heavy atom. The number of nitrogens with zero attached hydrogens (tertiary/aromatic N) is 4. The van der Waals surface area contributed by atoms with E-state index in [1.807, 2.05) is 12.1 Å². The second kappa shape index (κ2) is 6.61. The van der Waals surface area contributed by atoms with Gasteiger partial charge < -0.3 is 10.8 Å². The van der Waals surface area contributed by atoms with E-state index in [0.29, 0.717) is 17.0 Å². The van der Waals surface area contributed by atoms with Crippen LogP contribution in [0.1, 0.15) is 11.1 Å². The zero-order valence-electron chi connectivity index (χ0n) is 14.4. The molecule has 142 valence electrons. The lowest BCUT2D eigenvalue weighted by molar-refractivity contribution is -0.137. The summed E-state index contributed by atoms with van der Waals surface area (Å²) in [5.41, 5.74) is 7.64. The van der Waals surface area contributed by atoms with Crippen molar-refractivity contribution in [3.8, 4) is 22.5 Å². The molecule has 6 nitrogen and oxygen atoms in total. The van der Waals surface area contributed by atoms with Crippen LogP contribution >= 0.6 is 0 Å². The summed E-state index contributed by atoms with van der Waals surface area (Å²) in [6.45, 7) is -0.0679. The van der Waals surface area contributed by atoms with Gasteiger partial charge in [-0.2, -0.15) is 18.3 Å². The molecule has 0 atom stereocenters. The Morgan fingerprint density at radius 2 is 1.71 bits per heavy atom. The molecule has 4 aromatic rings. The van der Waals surface area contributed by atoms with Crippen LogP contribution in [0.5, 0.6) is 0 Å². The first-order valence-electron chi connectivity index (χ1n) is 8.25. The molecule has 28 heavy (non-hydrogen) atoms. The third-order valence-electron chi connectivity index (χ3n) is 4.31. The Balaban J connectivity index is 1.82. The van der Waals surface area contributed by atoms with E-state index in [2.05, 4.69) is 15.1 Å². The number of hydrogen-bond donors (Lipinski definition) is 2. The number of halogens is 3. The van der Waals surface area contributed by atoms with E-state index in [4.69, 9.17) is 10.8 Å². The summed E-state index contributed by atoms with van der Waals surface area (Å²) < 4.78 is 40.9. The normalized spacial score (nSPS) is 11.9. The van der Waals surface area contributed by atoms with Gasteiger partial charge in [0.15, 0.2) is 5.65 Å². The van der Waals surface area contributed by atoms with Crippen LogP contribution in [-0.4, -0.2) is 24.7 Å². The fourth-order valence-electron chi connectivity index (χ4n) is 2.85. The number of pyridine rings is 1. The number of rotatable bonds is 3. The number of anilines is 1. The number of nitrogen functional groups attached to an aromatic ring is 1. The molecule has 0 radical (unpaired) electrons. The van der Waals surface area contributed by atoms with Crippen LogP contribution in [0.15, 0.2) is 54.9 Å². The molecule has 4 rings (SSSR count). The Morgan fingerprint density at radius 1 is 0.964 bits per heavy atom. The molecule has 3 aromatic heterocycles. The Hall–Kier alpha value is -3.46. The maximum atomic E-state index is 13.1. The molecule has 3 N–H and O–H groups in total. The average Bonchev–Trinajstić information content (AvgIpc) is 3.10. The summed E-state index contributed by atoms with van der Waals surface area (Å²) in [6.07, 6.45) is -1.72. The summed E-state index contributed by atoms with van der Waals surface area (Å²) in [4.78, 5) is 7.94. The molecule has 0 spiro atoms. The molecule has 3 heterocycles. The smallest absolute Gasteiger partial charge is 0.392 e. The molecule has 9 heteroatoms. The summed E-state index contributed by atoms with van der Waals surface area (Å²) in [7, 11) is 0. The van der Waals surface area contributed by atoms with Crippen molar-refractivity contribution < 1.29 is 18.3 Å². The predicted molar refractivity (Wildman–Crippen MR) is 97.0 cm³/mol. The molecule has 0 aliphatic heterocycles. The van der Waals surface area contributed by atoms with Gasteiger partial charge in [0.05, 0.1) is 29.8 Å². The molecule has 1 aromatic carbocycles. The van der Waals surface area contributed by atoms with Crippen molar-refractivity contribution in [2.45, 2.75) is 12.8 Å². The van der Waals surface area contributed by atoms with E-state index in [1.54, 1.807) is 35.0 Å². The first kappa shape index (κ1) is 17.9. The monoisotopic (exact) mass is 385 g/mol. The van der Waals surface area contributed by atoms with Gasteiger partial charge in [0.1, 0.15) is 5.82 Å². The van der Waals surface area contributed by atoms with Crippen LogP contribution in [0.2, 0.25) is 0 Å². The fourth-order valence-corrected chi connectivity index (χ4v) is 2.85. The van der Waals surface area contributed by atoms with E-state index in [-0.39, 0.29) is 12.2 Å². The maximum Gasteiger partial charge on any atom is 0.419 e. The van der Waals surface area contributed by atoms with Crippen LogP contribution in [0.4, 0.5) is 19.0 Å². The molecule has 0 saturated heterocycles. The lowest BCUT2D eigenvalue weighted by Crippen LogP contribution is -2.10. The molecule has 0 aliphatic rings. The van der Waals surface area contributed by atoms with Crippen molar-refractivity contribution in [2.24, 2.45) is 0 Å². The summed E-state index contributed by atoms with van der Waals surface area (Å²) in [5, 5.41) is 13.6. The molecule has 0 saturated carbocycles. The first-order chi connectivity index (χ1) is 13.4. The fraction of sp³-hybridized carbons (Fsp3) is 0.105. The van der Waals surface area contributed by atoms with Gasteiger partial charge in [-0.3, -0.25) is 0 Å². The van der Waals surface area contributed by atoms with E-state index in [0.717, 1.165) is 17.2 Å². The van der Waals surface area contributed by atoms with Gasteiger partial charge in [0.25, 0.3) is 0 Å². The van der Waals surface area contributed by atoms with E-state index >= 15 is 0 Å². The van der Waals surface area contributed by atoms with Gasteiger partial charge in [-0.25, -0.2) is 14.5 Å². The number of imidazole rings is 1. The minimum absolute atomic E-state index is 0.0679. The standard InChI is InChI=1S/C19H14F3N5O/c20-19(21,22)14-7-13(8-25-18(14)23)15-5-6-17-24-9-16(27(17)26-15)12-3-1-11(10-28)2-4-12/h1-9,28H,10H2,(H2,23,25). The van der Waals surface area contributed by atoms with Crippen molar-refractivity contribution in [2.75, 3.05) is 5.73 Å². The van der Waals surface area contributed by atoms with E-state index < -0.39 is 17.6 Å². The Kier molecular flexibility index (Phi) is 4.23. The van der Waals surface area contributed by atoms with Crippen molar-refractivity contribution in [1.29, 1.82) is 0 Å². The number of fused-ring (bicyclic) bond motifs is 1. The van der Waals surface area contributed by atoms with E-state index in [1.165, 1.54) is 6.20 Å². The number of aliphatic hydroxyl groups is 1. The van der Waals surface area contributed by atoms with Crippen LogP contribution in [0.25, 0.3) is 28.2 Å². The van der Waals surface area contributed by atoms with Gasteiger partial charge in [0.2, 0.25) is 0 Å². The number of alkyl halides is 3. The van der Waals surface area contributed by atoms with Crippen LogP contribution in [-0.2, 0) is 12.8 Å². The molecule has 0 aliphatic carbocycles. The van der Waals surface area contributed by atoms with Gasteiger partial charge >= 0.3 is 6.18 Å². The van der Waals surface area contributed by atoms with Crippen molar-refractivity contribution in [3.63, 3.8) is 0 Å². The Bertz CT molecular complexity index is 1150. The van der Waals surface area contributed by atoms with Gasteiger partial charge in [-0.1, -0.05) is 24.3 Å². The molecule has 0 fully saturated rings. The number of nitrogens with two attached hydrogens (primary N) is 1. The topological polar surface area (TPSA) is 89.3 Å². The third-order valence-corrected chi connectivity index (χ3v) is 4.31. The zero-order chi connectivity index (χ0) is 19.9. The first-order valence-corrected chi connectivity index (χ1v) is 8.25. The predicted octanol–water partition coefficient (Wildman–Crippen LogP) is 3.55. The number of hydrogen-bond acceptors (Lipinski definition) is 5.